The van der Waals surface area contributed by atoms with Crippen LogP contribution in [0.15, 0.2) is 54.6 Å². The number of benzene rings is 2. The van der Waals surface area contributed by atoms with E-state index in [0.717, 1.165) is 18.4 Å². The van der Waals surface area contributed by atoms with Crippen LogP contribution in [-0.2, 0) is 22.5 Å². The van der Waals surface area contributed by atoms with Crippen molar-refractivity contribution in [2.75, 3.05) is 13.2 Å². The van der Waals surface area contributed by atoms with Crippen molar-refractivity contribution in [3.8, 4) is 0 Å². The molecule has 2 aromatic carbocycles. The molecule has 1 saturated heterocycles. The van der Waals surface area contributed by atoms with Crippen molar-refractivity contribution >= 4 is 36.9 Å². The molecule has 0 saturated carbocycles. The summed E-state index contributed by atoms with van der Waals surface area (Å²) in [6, 6.07) is 18.2. The Balaban J connectivity index is 1.69. The Morgan fingerprint density at radius 2 is 1.76 bits per heavy atom. The van der Waals surface area contributed by atoms with Crippen LogP contribution >= 0.6 is 22.6 Å². The van der Waals surface area contributed by atoms with Crippen LogP contribution in [0.2, 0.25) is 18.6 Å². The summed E-state index contributed by atoms with van der Waals surface area (Å²) in [6.07, 6.45) is 1.37. The molecule has 1 fully saturated rings. The average Bonchev–Trinajstić information content (AvgIpc) is 3.08. The maximum absolute atomic E-state index is 15.4. The molecule has 0 unspecified atom stereocenters. The minimum absolute atomic E-state index is 0.0602. The number of halogens is 2. The molecule has 0 spiro atoms. The van der Waals surface area contributed by atoms with Crippen molar-refractivity contribution in [3.05, 3.63) is 69.3 Å². The van der Waals surface area contributed by atoms with E-state index in [2.05, 4.69) is 53.8 Å². The summed E-state index contributed by atoms with van der Waals surface area (Å²) in [4.78, 5) is 14.9. The number of carbonyl (C=O) groups excluding carboxylic acids is 1. The quantitative estimate of drug-likeness (QED) is 0.226. The summed E-state index contributed by atoms with van der Waals surface area (Å²) in [5.41, 5.74) is 2.03. The minimum atomic E-state index is -3.05. The van der Waals surface area contributed by atoms with Gasteiger partial charge in [-0.3, -0.25) is 4.79 Å². The van der Waals surface area contributed by atoms with Crippen molar-refractivity contribution in [1.82, 2.24) is 4.90 Å². The third-order valence-electron chi connectivity index (χ3n) is 6.64. The summed E-state index contributed by atoms with van der Waals surface area (Å²) >= 11 is 2.30. The van der Waals surface area contributed by atoms with E-state index in [1.54, 1.807) is 18.0 Å². The van der Waals surface area contributed by atoms with Crippen molar-refractivity contribution in [2.24, 2.45) is 5.92 Å². The van der Waals surface area contributed by atoms with E-state index in [9.17, 15) is 9.90 Å². The highest BCUT2D eigenvalue weighted by molar-refractivity contribution is 14.1. The Kier molecular flexibility index (Phi) is 9.49. The first-order valence-electron chi connectivity index (χ1n) is 11.7. The van der Waals surface area contributed by atoms with Gasteiger partial charge in [0.25, 0.3) is 0 Å². The predicted molar refractivity (Wildman–Crippen MR) is 141 cm³/mol. The fraction of sp³-hybridized carbons (Fsp3) is 0.500. The van der Waals surface area contributed by atoms with E-state index in [1.165, 1.54) is 9.13 Å². The lowest BCUT2D eigenvalue weighted by Crippen LogP contribution is -2.40. The molecule has 4 nitrogen and oxygen atoms in total. The molecular formula is C26H35FINO3Si. The Bertz CT molecular complexity index is 891. The molecule has 33 heavy (non-hydrogen) atoms. The van der Waals surface area contributed by atoms with Gasteiger partial charge in [-0.15, -0.1) is 0 Å². The van der Waals surface area contributed by atoms with Crippen molar-refractivity contribution < 1.29 is 18.7 Å². The second-order valence-electron chi connectivity index (χ2n) is 9.56. The Hall–Kier alpha value is -1.29. The Morgan fingerprint density at radius 1 is 1.09 bits per heavy atom. The first-order valence-corrected chi connectivity index (χ1v) is 15.7. The SMILES string of the molecule is C[C@H]1[C@H]([Si](C)(C)F)[C@@H](CC(=O)N(CCO)Cc2ccccc2)O[C@H]1CCc1ccc(I)cc1. The van der Waals surface area contributed by atoms with Crippen LogP contribution in [0.1, 0.15) is 30.9 Å². The molecule has 4 atom stereocenters. The highest BCUT2D eigenvalue weighted by atomic mass is 127. The van der Waals surface area contributed by atoms with Gasteiger partial charge in [-0.25, -0.2) is 0 Å². The van der Waals surface area contributed by atoms with E-state index in [1.807, 2.05) is 30.3 Å². The van der Waals surface area contributed by atoms with Gasteiger partial charge in [-0.2, -0.15) is 0 Å². The number of ether oxygens (including phenoxy) is 1. The molecule has 0 aromatic heterocycles. The largest absolute Gasteiger partial charge is 0.395 e. The molecule has 0 bridgehead atoms. The van der Waals surface area contributed by atoms with Gasteiger partial charge in [0, 0.05) is 22.2 Å². The van der Waals surface area contributed by atoms with Crippen LogP contribution in [0.5, 0.6) is 0 Å². The second-order valence-corrected chi connectivity index (χ2v) is 14.6. The zero-order valence-corrected chi connectivity index (χ0v) is 22.9. The summed E-state index contributed by atoms with van der Waals surface area (Å²) in [5.74, 6) is -0.0228. The molecular weight excluding hydrogens is 548 g/mol. The summed E-state index contributed by atoms with van der Waals surface area (Å²) in [5, 5.41) is 9.51. The maximum atomic E-state index is 15.4. The van der Waals surface area contributed by atoms with E-state index in [4.69, 9.17) is 4.74 Å². The van der Waals surface area contributed by atoms with Gasteiger partial charge in [-0.1, -0.05) is 49.4 Å². The molecule has 1 aliphatic heterocycles. The van der Waals surface area contributed by atoms with Gasteiger partial charge >= 0.3 is 0 Å². The van der Waals surface area contributed by atoms with E-state index in [-0.39, 0.29) is 43.0 Å². The molecule has 180 valence electrons. The minimum Gasteiger partial charge on any atom is -0.395 e. The first-order chi connectivity index (χ1) is 15.7. The molecule has 0 radical (unpaired) electrons. The molecule has 1 N–H and O–H groups in total. The molecule has 0 aliphatic carbocycles. The van der Waals surface area contributed by atoms with E-state index in [0.29, 0.717) is 6.54 Å². The maximum Gasteiger partial charge on any atom is 0.246 e. The molecule has 2 aromatic rings. The Morgan fingerprint density at radius 3 is 2.36 bits per heavy atom. The lowest BCUT2D eigenvalue weighted by atomic mass is 9.95. The number of aryl methyl sites for hydroxylation is 1. The predicted octanol–water partition coefficient (Wildman–Crippen LogP) is 5.58. The van der Waals surface area contributed by atoms with Gasteiger partial charge in [-0.05, 0) is 77.7 Å². The lowest BCUT2D eigenvalue weighted by molar-refractivity contribution is -0.135. The van der Waals surface area contributed by atoms with Crippen LogP contribution in [0, 0.1) is 9.49 Å². The molecule has 1 aliphatic rings. The van der Waals surface area contributed by atoms with Gasteiger partial charge in [0.05, 0.1) is 25.2 Å². The van der Waals surface area contributed by atoms with Crippen molar-refractivity contribution in [2.45, 2.75) is 63.6 Å². The van der Waals surface area contributed by atoms with Gasteiger partial charge in [0.2, 0.25) is 14.3 Å². The number of hydrogen-bond donors (Lipinski definition) is 1. The molecule has 3 rings (SSSR count). The van der Waals surface area contributed by atoms with Gasteiger partial charge in [0.15, 0.2) is 0 Å². The lowest BCUT2D eigenvalue weighted by Gasteiger charge is -2.30. The van der Waals surface area contributed by atoms with Crippen LogP contribution in [0.3, 0.4) is 0 Å². The third kappa shape index (κ3) is 7.34. The fourth-order valence-electron chi connectivity index (χ4n) is 5.05. The topological polar surface area (TPSA) is 49.8 Å². The van der Waals surface area contributed by atoms with Gasteiger partial charge < -0.3 is 18.9 Å². The number of aliphatic hydroxyl groups excluding tert-OH is 1. The monoisotopic (exact) mass is 583 g/mol. The van der Waals surface area contributed by atoms with Crippen LogP contribution in [-0.4, -0.2) is 49.7 Å². The van der Waals surface area contributed by atoms with E-state index < -0.39 is 14.5 Å². The zero-order valence-electron chi connectivity index (χ0n) is 19.7. The van der Waals surface area contributed by atoms with Crippen LogP contribution < -0.4 is 0 Å². The molecule has 1 heterocycles. The number of rotatable bonds is 10. The summed E-state index contributed by atoms with van der Waals surface area (Å²) in [6.45, 7) is 6.12. The number of carbonyl (C=O) groups is 1. The number of aliphatic hydroxyl groups is 1. The summed E-state index contributed by atoms with van der Waals surface area (Å²) < 4.78 is 23.0. The van der Waals surface area contributed by atoms with Crippen molar-refractivity contribution in [3.63, 3.8) is 0 Å². The smallest absolute Gasteiger partial charge is 0.246 e. The summed E-state index contributed by atoms with van der Waals surface area (Å²) in [7, 11) is -3.05. The molecule has 7 heteroatoms. The van der Waals surface area contributed by atoms with Gasteiger partial charge in [0.1, 0.15) is 0 Å². The Labute approximate surface area is 211 Å². The standard InChI is InChI=1S/C26H35FINO3Si/c1-19-23(14-11-20-9-12-22(28)13-10-20)32-24(26(19)33(2,3)27)17-25(31)29(15-16-30)18-21-7-5-4-6-8-21/h4-10,12-13,19,23-24,26,30H,11,14-18H2,1-3H3/t19-,23+,24-,26+/m1/s1. The van der Waals surface area contributed by atoms with E-state index >= 15 is 4.11 Å². The van der Waals surface area contributed by atoms with Crippen molar-refractivity contribution in [1.29, 1.82) is 0 Å². The second kappa shape index (κ2) is 11.9. The number of nitrogens with zero attached hydrogens (tertiary/aromatic N) is 1. The fourth-order valence-corrected chi connectivity index (χ4v) is 7.96. The zero-order chi connectivity index (χ0) is 24.0. The number of hydrogen-bond acceptors (Lipinski definition) is 3. The normalized spacial score (nSPS) is 23.0. The van der Waals surface area contributed by atoms with Crippen LogP contribution in [0.4, 0.5) is 4.11 Å². The third-order valence-corrected chi connectivity index (χ3v) is 9.84. The average molecular weight is 584 g/mol. The number of amides is 1. The highest BCUT2D eigenvalue weighted by Gasteiger charge is 2.51. The first kappa shape index (κ1) is 26.3. The highest BCUT2D eigenvalue weighted by Crippen LogP contribution is 2.47. The molecule has 1 amide bonds. The van der Waals surface area contributed by atoms with Crippen LogP contribution in [0.25, 0.3) is 0 Å².